The van der Waals surface area contributed by atoms with E-state index in [0.717, 1.165) is 15.9 Å². The lowest BCUT2D eigenvalue weighted by Crippen LogP contribution is -2.35. The van der Waals surface area contributed by atoms with Crippen LogP contribution in [0.1, 0.15) is 18.3 Å². The highest BCUT2D eigenvalue weighted by molar-refractivity contribution is 9.10. The van der Waals surface area contributed by atoms with E-state index < -0.39 is 11.9 Å². The fourth-order valence-electron chi connectivity index (χ4n) is 1.89. The molecule has 0 N–H and O–H groups in total. The molecule has 0 fully saturated rings. The Bertz CT molecular complexity index is 498. The number of aryl methyl sites for hydroxylation is 2. The summed E-state index contributed by atoms with van der Waals surface area (Å²) in [5.74, 6) is -0.816. The molecule has 0 saturated carbocycles. The summed E-state index contributed by atoms with van der Waals surface area (Å²) >= 11 is 3.49. The molecule has 1 aromatic heterocycles. The number of rotatable bonds is 7. The third-order valence-electron chi connectivity index (χ3n) is 2.99. The SMILES string of the molecule is CCn1nc(C)c(Br)c1CN(CC(=O)OC)CC(=O)OC. The minimum absolute atomic E-state index is 0.00593. The summed E-state index contributed by atoms with van der Waals surface area (Å²) in [6.07, 6.45) is 0. The Balaban J connectivity index is 2.94. The van der Waals surface area contributed by atoms with Crippen LogP contribution in [0.15, 0.2) is 4.47 Å². The van der Waals surface area contributed by atoms with Crippen LogP contribution >= 0.6 is 15.9 Å². The van der Waals surface area contributed by atoms with E-state index in [2.05, 4.69) is 30.5 Å². The van der Waals surface area contributed by atoms with Gasteiger partial charge in [0.1, 0.15) is 0 Å². The molecule has 0 spiro atoms. The number of hydrogen-bond donors (Lipinski definition) is 0. The van der Waals surface area contributed by atoms with Crippen LogP contribution in [0.3, 0.4) is 0 Å². The normalized spacial score (nSPS) is 10.8. The van der Waals surface area contributed by atoms with Crippen molar-refractivity contribution in [3.8, 4) is 0 Å². The zero-order valence-electron chi connectivity index (χ0n) is 12.7. The van der Waals surface area contributed by atoms with Gasteiger partial charge in [-0.15, -0.1) is 0 Å². The number of hydrogen-bond acceptors (Lipinski definition) is 6. The van der Waals surface area contributed by atoms with Gasteiger partial charge in [-0.3, -0.25) is 19.2 Å². The highest BCUT2D eigenvalue weighted by Crippen LogP contribution is 2.22. The molecular formula is C13H20BrN3O4. The molecule has 0 saturated heterocycles. The Morgan fingerprint density at radius 1 is 1.24 bits per heavy atom. The van der Waals surface area contributed by atoms with Crippen molar-refractivity contribution in [2.75, 3.05) is 27.3 Å². The smallest absolute Gasteiger partial charge is 0.319 e. The van der Waals surface area contributed by atoms with Crippen molar-refractivity contribution in [2.45, 2.75) is 26.9 Å². The van der Waals surface area contributed by atoms with Gasteiger partial charge in [-0.2, -0.15) is 5.10 Å². The Kier molecular flexibility index (Phi) is 6.83. The second-order valence-electron chi connectivity index (χ2n) is 4.46. The van der Waals surface area contributed by atoms with Crippen LogP contribution in [0.4, 0.5) is 0 Å². The highest BCUT2D eigenvalue weighted by atomic mass is 79.9. The maximum Gasteiger partial charge on any atom is 0.319 e. The zero-order valence-corrected chi connectivity index (χ0v) is 14.3. The lowest BCUT2D eigenvalue weighted by atomic mass is 10.3. The zero-order chi connectivity index (χ0) is 16.0. The van der Waals surface area contributed by atoms with Gasteiger partial charge in [0.2, 0.25) is 0 Å². The Morgan fingerprint density at radius 2 is 1.76 bits per heavy atom. The topological polar surface area (TPSA) is 73.7 Å². The highest BCUT2D eigenvalue weighted by Gasteiger charge is 2.20. The van der Waals surface area contributed by atoms with Crippen LogP contribution in [0, 0.1) is 6.92 Å². The van der Waals surface area contributed by atoms with Crippen molar-refractivity contribution in [3.63, 3.8) is 0 Å². The summed E-state index contributed by atoms with van der Waals surface area (Å²) in [5, 5.41) is 4.39. The molecule has 1 rings (SSSR count). The molecule has 0 amide bonds. The lowest BCUT2D eigenvalue weighted by Gasteiger charge is -2.20. The first kappa shape index (κ1) is 17.6. The first-order valence-electron chi connectivity index (χ1n) is 6.50. The number of ether oxygens (including phenoxy) is 2. The number of nitrogens with zero attached hydrogens (tertiary/aromatic N) is 3. The monoisotopic (exact) mass is 361 g/mol. The minimum atomic E-state index is -0.408. The first-order chi connectivity index (χ1) is 9.92. The molecule has 1 heterocycles. The fourth-order valence-corrected chi connectivity index (χ4v) is 2.30. The Labute approximate surface area is 132 Å². The number of carbonyl (C=O) groups is 2. The second kappa shape index (κ2) is 8.14. The molecular weight excluding hydrogens is 342 g/mol. The van der Waals surface area contributed by atoms with Crippen molar-refractivity contribution in [1.29, 1.82) is 0 Å². The van der Waals surface area contributed by atoms with Crippen LogP contribution in [-0.2, 0) is 32.2 Å². The number of halogens is 1. The third kappa shape index (κ3) is 4.82. The van der Waals surface area contributed by atoms with Gasteiger partial charge in [-0.25, -0.2) is 0 Å². The lowest BCUT2D eigenvalue weighted by molar-refractivity contribution is -0.145. The van der Waals surface area contributed by atoms with Gasteiger partial charge < -0.3 is 9.47 Å². The molecule has 0 unspecified atom stereocenters. The summed E-state index contributed by atoms with van der Waals surface area (Å²) in [5.41, 5.74) is 1.77. The molecule has 0 aliphatic carbocycles. The van der Waals surface area contributed by atoms with E-state index in [1.165, 1.54) is 14.2 Å². The number of esters is 2. The predicted octanol–water partition coefficient (Wildman–Crippen LogP) is 1.12. The summed E-state index contributed by atoms with van der Waals surface area (Å²) in [4.78, 5) is 24.6. The van der Waals surface area contributed by atoms with E-state index in [9.17, 15) is 9.59 Å². The Morgan fingerprint density at radius 3 is 2.19 bits per heavy atom. The number of carbonyl (C=O) groups excluding carboxylic acids is 2. The van der Waals surface area contributed by atoms with Gasteiger partial charge in [0.15, 0.2) is 0 Å². The van der Waals surface area contributed by atoms with E-state index in [0.29, 0.717) is 13.1 Å². The molecule has 0 aliphatic heterocycles. The molecule has 7 nitrogen and oxygen atoms in total. The molecule has 1 aromatic rings. The maximum atomic E-state index is 11.5. The predicted molar refractivity (Wildman–Crippen MR) is 79.6 cm³/mol. The molecule has 0 bridgehead atoms. The molecule has 21 heavy (non-hydrogen) atoms. The molecule has 0 aromatic carbocycles. The fraction of sp³-hybridized carbons (Fsp3) is 0.615. The average molecular weight is 362 g/mol. The standard InChI is InChI=1S/C13H20BrN3O4/c1-5-17-10(13(14)9(2)15-17)6-16(7-11(18)20-3)8-12(19)21-4/h5-8H2,1-4H3. The maximum absolute atomic E-state index is 11.5. The van der Waals surface area contributed by atoms with Gasteiger partial charge in [-0.05, 0) is 29.8 Å². The van der Waals surface area contributed by atoms with Gasteiger partial charge >= 0.3 is 11.9 Å². The van der Waals surface area contributed by atoms with E-state index in [4.69, 9.17) is 0 Å². The number of methoxy groups -OCH3 is 2. The van der Waals surface area contributed by atoms with Crippen molar-refractivity contribution < 1.29 is 19.1 Å². The first-order valence-corrected chi connectivity index (χ1v) is 7.29. The van der Waals surface area contributed by atoms with Crippen molar-refractivity contribution in [1.82, 2.24) is 14.7 Å². The van der Waals surface area contributed by atoms with Gasteiger partial charge in [0.05, 0.1) is 43.2 Å². The molecule has 118 valence electrons. The largest absolute Gasteiger partial charge is 0.468 e. The summed E-state index contributed by atoms with van der Waals surface area (Å²) in [7, 11) is 2.63. The van der Waals surface area contributed by atoms with E-state index in [1.807, 2.05) is 18.5 Å². The summed E-state index contributed by atoms with van der Waals surface area (Å²) < 4.78 is 12.0. The van der Waals surface area contributed by atoms with Crippen LogP contribution in [-0.4, -0.2) is 53.9 Å². The van der Waals surface area contributed by atoms with E-state index >= 15 is 0 Å². The molecule has 0 atom stereocenters. The van der Waals surface area contributed by atoms with Gasteiger partial charge in [0.25, 0.3) is 0 Å². The van der Waals surface area contributed by atoms with Crippen LogP contribution in [0.5, 0.6) is 0 Å². The van der Waals surface area contributed by atoms with E-state index in [1.54, 1.807) is 4.90 Å². The summed E-state index contributed by atoms with van der Waals surface area (Å²) in [6.45, 7) is 4.97. The minimum Gasteiger partial charge on any atom is -0.468 e. The second-order valence-corrected chi connectivity index (χ2v) is 5.25. The van der Waals surface area contributed by atoms with E-state index in [-0.39, 0.29) is 13.1 Å². The van der Waals surface area contributed by atoms with Gasteiger partial charge in [0, 0.05) is 13.1 Å². The molecule has 0 radical (unpaired) electrons. The quantitative estimate of drug-likeness (QED) is 0.677. The Hall–Kier alpha value is -1.41. The van der Waals surface area contributed by atoms with Crippen LogP contribution in [0.2, 0.25) is 0 Å². The van der Waals surface area contributed by atoms with Crippen LogP contribution < -0.4 is 0 Å². The van der Waals surface area contributed by atoms with Crippen molar-refractivity contribution in [2.24, 2.45) is 0 Å². The average Bonchev–Trinajstić information content (AvgIpc) is 2.74. The van der Waals surface area contributed by atoms with Crippen LogP contribution in [0.25, 0.3) is 0 Å². The third-order valence-corrected chi connectivity index (χ3v) is 4.02. The molecule has 0 aliphatic rings. The molecule has 8 heteroatoms. The van der Waals surface area contributed by atoms with Gasteiger partial charge in [-0.1, -0.05) is 0 Å². The van der Waals surface area contributed by atoms with Crippen molar-refractivity contribution in [3.05, 3.63) is 15.9 Å². The number of aromatic nitrogens is 2. The summed E-state index contributed by atoms with van der Waals surface area (Å²) in [6, 6.07) is 0. The van der Waals surface area contributed by atoms with Crippen molar-refractivity contribution >= 4 is 27.9 Å².